The molecule has 0 spiro atoms. The summed E-state index contributed by atoms with van der Waals surface area (Å²) in [5.41, 5.74) is 0.762. The van der Waals surface area contributed by atoms with E-state index < -0.39 is 0 Å². The van der Waals surface area contributed by atoms with Crippen molar-refractivity contribution < 1.29 is 5.11 Å². The van der Waals surface area contributed by atoms with Crippen molar-refractivity contribution in [1.82, 2.24) is 14.8 Å². The van der Waals surface area contributed by atoms with Crippen LogP contribution < -0.4 is 0 Å². The number of fused-ring (bicyclic) bond motifs is 1. The van der Waals surface area contributed by atoms with E-state index in [1.54, 1.807) is 12.1 Å². The van der Waals surface area contributed by atoms with Gasteiger partial charge in [0.1, 0.15) is 11.6 Å². The lowest BCUT2D eigenvalue weighted by atomic mass is 10.2. The molecule has 0 amide bonds. The molecule has 0 unspecified atom stereocenters. The molecule has 4 heteroatoms. The average molecular weight is 201 g/mol. The summed E-state index contributed by atoms with van der Waals surface area (Å²) in [5, 5.41) is 18.0. The van der Waals surface area contributed by atoms with Crippen LogP contribution in [0.4, 0.5) is 0 Å². The second kappa shape index (κ2) is 3.08. The molecular weight excluding hydrogens is 190 g/mol. The van der Waals surface area contributed by atoms with Gasteiger partial charge in [0.2, 0.25) is 0 Å². The third-order valence-electron chi connectivity index (χ3n) is 2.75. The standard InChI is InChI=1S/C11H11N3O/c15-9-5-2-1-4-8(9)11-13-12-10-6-3-7-14(10)11/h1-2,4-5,15H,3,6-7H2. The number of phenolic OH excluding ortho intramolecular Hbond substituents is 1. The zero-order valence-corrected chi connectivity index (χ0v) is 8.22. The maximum absolute atomic E-state index is 9.73. The molecule has 0 atom stereocenters. The predicted octanol–water partition coefficient (Wildman–Crippen LogP) is 1.60. The second-order valence-corrected chi connectivity index (χ2v) is 3.71. The summed E-state index contributed by atoms with van der Waals surface area (Å²) in [6, 6.07) is 7.24. The number of phenols is 1. The fourth-order valence-corrected chi connectivity index (χ4v) is 2.01. The lowest BCUT2D eigenvalue weighted by Gasteiger charge is -2.04. The topological polar surface area (TPSA) is 50.9 Å². The van der Waals surface area contributed by atoms with Gasteiger partial charge >= 0.3 is 0 Å². The van der Waals surface area contributed by atoms with Crippen LogP contribution >= 0.6 is 0 Å². The Morgan fingerprint density at radius 2 is 2.07 bits per heavy atom. The highest BCUT2D eigenvalue weighted by Gasteiger charge is 2.19. The lowest BCUT2D eigenvalue weighted by Crippen LogP contribution is -1.96. The molecule has 1 aromatic heterocycles. The number of aromatic hydroxyl groups is 1. The van der Waals surface area contributed by atoms with Crippen molar-refractivity contribution in [2.24, 2.45) is 0 Å². The Kier molecular flexibility index (Phi) is 1.74. The van der Waals surface area contributed by atoms with Crippen LogP contribution in [-0.4, -0.2) is 19.9 Å². The van der Waals surface area contributed by atoms with Crippen LogP contribution in [0.25, 0.3) is 11.4 Å². The molecule has 1 aliphatic heterocycles. The quantitative estimate of drug-likeness (QED) is 0.762. The summed E-state index contributed by atoms with van der Waals surface area (Å²) < 4.78 is 2.08. The Balaban J connectivity index is 2.17. The van der Waals surface area contributed by atoms with Gasteiger partial charge in [0.25, 0.3) is 0 Å². The zero-order chi connectivity index (χ0) is 10.3. The average Bonchev–Trinajstić information content (AvgIpc) is 2.80. The van der Waals surface area contributed by atoms with Gasteiger partial charge in [-0.25, -0.2) is 0 Å². The van der Waals surface area contributed by atoms with Crippen molar-refractivity contribution >= 4 is 0 Å². The SMILES string of the molecule is Oc1ccccc1-c1nnc2n1CCC2. The van der Waals surface area contributed by atoms with Gasteiger partial charge in [-0.3, -0.25) is 0 Å². The fraction of sp³-hybridized carbons (Fsp3) is 0.273. The summed E-state index contributed by atoms with van der Waals surface area (Å²) >= 11 is 0. The first-order valence-corrected chi connectivity index (χ1v) is 5.07. The minimum atomic E-state index is 0.264. The third kappa shape index (κ3) is 1.21. The minimum absolute atomic E-state index is 0.264. The van der Waals surface area contributed by atoms with E-state index in [1.165, 1.54) is 0 Å². The van der Waals surface area contributed by atoms with E-state index in [0.29, 0.717) is 0 Å². The van der Waals surface area contributed by atoms with E-state index in [4.69, 9.17) is 0 Å². The lowest BCUT2D eigenvalue weighted by molar-refractivity contribution is 0.476. The molecule has 1 N–H and O–H groups in total. The van der Waals surface area contributed by atoms with Gasteiger partial charge in [-0.2, -0.15) is 0 Å². The van der Waals surface area contributed by atoms with Crippen molar-refractivity contribution in [2.75, 3.05) is 0 Å². The molecule has 0 saturated heterocycles. The Morgan fingerprint density at radius 1 is 1.20 bits per heavy atom. The van der Waals surface area contributed by atoms with Crippen LogP contribution in [0.3, 0.4) is 0 Å². The van der Waals surface area contributed by atoms with Gasteiger partial charge in [-0.1, -0.05) is 12.1 Å². The van der Waals surface area contributed by atoms with Gasteiger partial charge in [0, 0.05) is 13.0 Å². The van der Waals surface area contributed by atoms with E-state index in [9.17, 15) is 5.11 Å². The van der Waals surface area contributed by atoms with Gasteiger partial charge in [-0.15, -0.1) is 10.2 Å². The van der Waals surface area contributed by atoms with Gasteiger partial charge in [-0.05, 0) is 18.6 Å². The van der Waals surface area contributed by atoms with E-state index in [-0.39, 0.29) is 5.75 Å². The zero-order valence-electron chi connectivity index (χ0n) is 8.22. The molecule has 0 radical (unpaired) electrons. The highest BCUT2D eigenvalue weighted by atomic mass is 16.3. The van der Waals surface area contributed by atoms with Crippen LogP contribution in [0.5, 0.6) is 5.75 Å². The van der Waals surface area contributed by atoms with Crippen molar-refractivity contribution in [1.29, 1.82) is 0 Å². The smallest absolute Gasteiger partial charge is 0.167 e. The van der Waals surface area contributed by atoms with Crippen molar-refractivity contribution in [2.45, 2.75) is 19.4 Å². The first-order valence-electron chi connectivity index (χ1n) is 5.07. The minimum Gasteiger partial charge on any atom is -0.507 e. The van der Waals surface area contributed by atoms with Crippen LogP contribution in [0.15, 0.2) is 24.3 Å². The fourth-order valence-electron chi connectivity index (χ4n) is 2.01. The molecular formula is C11H11N3O. The number of rotatable bonds is 1. The van der Waals surface area contributed by atoms with Crippen LogP contribution in [-0.2, 0) is 13.0 Å². The molecule has 2 heterocycles. The summed E-state index contributed by atoms with van der Waals surface area (Å²) in [6.45, 7) is 0.950. The number of benzene rings is 1. The highest BCUT2D eigenvalue weighted by Crippen LogP contribution is 2.29. The normalized spacial score (nSPS) is 14.1. The molecule has 2 aromatic rings. The van der Waals surface area contributed by atoms with Gasteiger partial charge in [0.05, 0.1) is 5.56 Å². The Morgan fingerprint density at radius 3 is 2.93 bits per heavy atom. The van der Waals surface area contributed by atoms with Crippen molar-refractivity contribution in [3.05, 3.63) is 30.1 Å². The summed E-state index contributed by atoms with van der Waals surface area (Å²) in [7, 11) is 0. The number of aryl methyl sites for hydroxylation is 1. The largest absolute Gasteiger partial charge is 0.507 e. The molecule has 1 aromatic carbocycles. The van der Waals surface area contributed by atoms with E-state index in [1.807, 2.05) is 12.1 Å². The molecule has 0 aliphatic carbocycles. The van der Waals surface area contributed by atoms with Crippen LogP contribution in [0, 0.1) is 0 Å². The molecule has 0 fully saturated rings. The van der Waals surface area contributed by atoms with Crippen LogP contribution in [0.2, 0.25) is 0 Å². The predicted molar refractivity (Wildman–Crippen MR) is 55.4 cm³/mol. The summed E-state index contributed by atoms with van der Waals surface area (Å²) in [5.74, 6) is 2.06. The monoisotopic (exact) mass is 201 g/mol. The van der Waals surface area contributed by atoms with Crippen molar-refractivity contribution in [3.8, 4) is 17.1 Å². The molecule has 76 valence electrons. The molecule has 1 aliphatic rings. The Hall–Kier alpha value is -1.84. The Bertz CT molecular complexity index is 504. The van der Waals surface area contributed by atoms with E-state index >= 15 is 0 Å². The van der Waals surface area contributed by atoms with Crippen LogP contribution in [0.1, 0.15) is 12.2 Å². The Labute approximate surface area is 87.2 Å². The maximum Gasteiger partial charge on any atom is 0.167 e. The van der Waals surface area contributed by atoms with Gasteiger partial charge < -0.3 is 9.67 Å². The van der Waals surface area contributed by atoms with E-state index in [2.05, 4.69) is 14.8 Å². The first-order chi connectivity index (χ1) is 7.36. The first kappa shape index (κ1) is 8.47. The molecule has 4 nitrogen and oxygen atoms in total. The van der Waals surface area contributed by atoms with Gasteiger partial charge in [0.15, 0.2) is 5.82 Å². The van der Waals surface area contributed by atoms with E-state index in [0.717, 1.165) is 36.6 Å². The summed E-state index contributed by atoms with van der Waals surface area (Å²) in [4.78, 5) is 0. The molecule has 0 bridgehead atoms. The third-order valence-corrected chi connectivity index (χ3v) is 2.75. The number of para-hydroxylation sites is 1. The molecule has 15 heavy (non-hydrogen) atoms. The highest BCUT2D eigenvalue weighted by molar-refractivity contribution is 5.63. The molecule has 3 rings (SSSR count). The number of hydrogen-bond acceptors (Lipinski definition) is 3. The van der Waals surface area contributed by atoms with Crippen molar-refractivity contribution in [3.63, 3.8) is 0 Å². The number of hydrogen-bond donors (Lipinski definition) is 1. The second-order valence-electron chi connectivity index (χ2n) is 3.71. The number of aromatic nitrogens is 3. The molecule has 0 saturated carbocycles. The maximum atomic E-state index is 9.73. The summed E-state index contributed by atoms with van der Waals surface area (Å²) in [6.07, 6.45) is 2.10. The number of nitrogens with zero attached hydrogens (tertiary/aromatic N) is 3.